The first-order chi connectivity index (χ1) is 8.03. The van der Waals surface area contributed by atoms with E-state index in [1.165, 1.54) is 0 Å². The van der Waals surface area contributed by atoms with Crippen molar-refractivity contribution in [2.45, 2.75) is 19.9 Å². The molecule has 0 unspecified atom stereocenters. The Kier molecular flexibility index (Phi) is 5.95. The lowest BCUT2D eigenvalue weighted by Crippen LogP contribution is -2.18. The van der Waals surface area contributed by atoms with E-state index in [0.29, 0.717) is 19.5 Å². The fourth-order valence-corrected chi connectivity index (χ4v) is 2.53. The maximum absolute atomic E-state index is 11.2. The Hall–Kier alpha value is -0.580. The normalized spacial score (nSPS) is 11.6. The van der Waals surface area contributed by atoms with Crippen molar-refractivity contribution in [3.05, 3.63) is 34.9 Å². The van der Waals surface area contributed by atoms with Gasteiger partial charge in [-0.3, -0.25) is 0 Å². The molecule has 1 aromatic rings. The minimum absolute atomic E-state index is 0.224. The van der Waals surface area contributed by atoms with Gasteiger partial charge in [-0.25, -0.2) is 8.42 Å². The van der Waals surface area contributed by atoms with Crippen LogP contribution in [0, 0.1) is 0 Å². The van der Waals surface area contributed by atoms with Gasteiger partial charge in [-0.1, -0.05) is 30.7 Å². The van der Waals surface area contributed by atoms with Crippen LogP contribution in [0.15, 0.2) is 24.3 Å². The lowest BCUT2D eigenvalue weighted by atomic mass is 10.2. The molecule has 96 valence electrons. The number of hydrogen-bond acceptors (Lipinski definition) is 3. The highest BCUT2D eigenvalue weighted by Gasteiger charge is 2.05. The van der Waals surface area contributed by atoms with Crippen molar-refractivity contribution in [3.63, 3.8) is 0 Å². The summed E-state index contributed by atoms with van der Waals surface area (Å²) in [6.45, 7) is 3.09. The summed E-state index contributed by atoms with van der Waals surface area (Å²) in [6, 6.07) is 7.62. The second-order valence-corrected chi connectivity index (χ2v) is 6.81. The second kappa shape index (κ2) is 6.99. The molecular formula is C12H18ClNO2S. The van der Waals surface area contributed by atoms with Gasteiger partial charge in [-0.05, 0) is 30.7 Å². The van der Waals surface area contributed by atoms with Crippen molar-refractivity contribution in [2.75, 3.05) is 18.1 Å². The summed E-state index contributed by atoms with van der Waals surface area (Å²) >= 11 is 5.86. The van der Waals surface area contributed by atoms with Gasteiger partial charge >= 0.3 is 0 Å². The molecule has 1 rings (SSSR count). The Morgan fingerprint density at radius 3 is 2.76 bits per heavy atom. The molecule has 17 heavy (non-hydrogen) atoms. The largest absolute Gasteiger partial charge is 0.313 e. The van der Waals surface area contributed by atoms with Gasteiger partial charge in [0.25, 0.3) is 0 Å². The van der Waals surface area contributed by atoms with Crippen molar-refractivity contribution < 1.29 is 8.42 Å². The lowest BCUT2D eigenvalue weighted by Gasteiger charge is -2.05. The molecule has 0 radical (unpaired) electrons. The average molecular weight is 276 g/mol. The molecule has 3 nitrogen and oxygen atoms in total. The molecule has 0 saturated carbocycles. The predicted octanol–water partition coefficient (Wildman–Crippen LogP) is 2.25. The first kappa shape index (κ1) is 14.5. The minimum atomic E-state index is -2.83. The molecule has 0 amide bonds. The number of rotatable bonds is 7. The summed E-state index contributed by atoms with van der Waals surface area (Å²) < 4.78 is 22.5. The molecule has 0 aliphatic carbocycles. The lowest BCUT2D eigenvalue weighted by molar-refractivity contribution is 0.590. The van der Waals surface area contributed by atoms with Crippen molar-refractivity contribution in [1.82, 2.24) is 5.32 Å². The van der Waals surface area contributed by atoms with Gasteiger partial charge in [0.1, 0.15) is 9.84 Å². The molecule has 0 aromatic heterocycles. The molecule has 1 N–H and O–H groups in total. The Bertz CT molecular complexity index is 446. The Morgan fingerprint density at radius 1 is 1.35 bits per heavy atom. The SMILES string of the molecule is CCS(=O)(=O)CCCNCc1cccc(Cl)c1. The molecule has 0 fully saturated rings. The highest BCUT2D eigenvalue weighted by Crippen LogP contribution is 2.10. The van der Waals surface area contributed by atoms with E-state index >= 15 is 0 Å². The van der Waals surface area contributed by atoms with Gasteiger partial charge in [0, 0.05) is 17.3 Å². The van der Waals surface area contributed by atoms with Crippen LogP contribution in [0.1, 0.15) is 18.9 Å². The number of sulfone groups is 1. The van der Waals surface area contributed by atoms with E-state index in [4.69, 9.17) is 11.6 Å². The Balaban J connectivity index is 2.21. The molecule has 1 aromatic carbocycles. The van der Waals surface area contributed by atoms with Crippen LogP contribution in [0.4, 0.5) is 0 Å². The quantitative estimate of drug-likeness (QED) is 0.777. The van der Waals surface area contributed by atoms with Crippen LogP contribution < -0.4 is 5.32 Å². The molecule has 0 spiro atoms. The summed E-state index contributed by atoms with van der Waals surface area (Å²) in [4.78, 5) is 0. The number of nitrogens with one attached hydrogen (secondary N) is 1. The molecule has 0 saturated heterocycles. The number of halogens is 1. The van der Waals surface area contributed by atoms with E-state index in [0.717, 1.165) is 10.6 Å². The van der Waals surface area contributed by atoms with E-state index in [1.807, 2.05) is 24.3 Å². The third kappa shape index (κ3) is 6.05. The molecule has 0 atom stereocenters. The van der Waals surface area contributed by atoms with Gasteiger partial charge in [0.05, 0.1) is 5.75 Å². The fraction of sp³-hybridized carbons (Fsp3) is 0.500. The molecule has 0 bridgehead atoms. The topological polar surface area (TPSA) is 46.2 Å². The first-order valence-corrected chi connectivity index (χ1v) is 7.89. The zero-order valence-electron chi connectivity index (χ0n) is 9.95. The van der Waals surface area contributed by atoms with Gasteiger partial charge in [-0.15, -0.1) is 0 Å². The fourth-order valence-electron chi connectivity index (χ4n) is 1.44. The zero-order chi connectivity index (χ0) is 12.7. The van der Waals surface area contributed by atoms with Crippen LogP contribution in [-0.4, -0.2) is 26.5 Å². The van der Waals surface area contributed by atoms with E-state index < -0.39 is 9.84 Å². The van der Waals surface area contributed by atoms with Gasteiger partial charge in [-0.2, -0.15) is 0 Å². The second-order valence-electron chi connectivity index (χ2n) is 3.90. The van der Waals surface area contributed by atoms with Crippen LogP contribution in [0.2, 0.25) is 5.02 Å². The van der Waals surface area contributed by atoms with E-state index in [2.05, 4.69) is 5.32 Å². The van der Waals surface area contributed by atoms with Crippen LogP contribution in [0.25, 0.3) is 0 Å². The van der Waals surface area contributed by atoms with Crippen molar-refractivity contribution in [3.8, 4) is 0 Å². The molecular weight excluding hydrogens is 258 g/mol. The summed E-state index contributed by atoms with van der Waals surface area (Å²) in [5.41, 5.74) is 1.11. The number of hydrogen-bond donors (Lipinski definition) is 1. The van der Waals surface area contributed by atoms with Gasteiger partial charge in [0.15, 0.2) is 0 Å². The third-order valence-electron chi connectivity index (χ3n) is 2.47. The maximum Gasteiger partial charge on any atom is 0.150 e. The van der Waals surface area contributed by atoms with Gasteiger partial charge in [0.2, 0.25) is 0 Å². The standard InChI is InChI=1S/C12H18ClNO2S/c1-2-17(15,16)8-4-7-14-10-11-5-3-6-12(13)9-11/h3,5-6,9,14H,2,4,7-8,10H2,1H3. The summed E-state index contributed by atoms with van der Waals surface area (Å²) in [7, 11) is -2.83. The zero-order valence-corrected chi connectivity index (χ0v) is 11.5. The van der Waals surface area contributed by atoms with E-state index in [9.17, 15) is 8.42 Å². The Morgan fingerprint density at radius 2 is 2.12 bits per heavy atom. The molecule has 0 aliphatic heterocycles. The van der Waals surface area contributed by atoms with E-state index in [1.54, 1.807) is 6.92 Å². The average Bonchev–Trinajstić information content (AvgIpc) is 2.29. The highest BCUT2D eigenvalue weighted by molar-refractivity contribution is 7.91. The highest BCUT2D eigenvalue weighted by atomic mass is 35.5. The number of benzene rings is 1. The predicted molar refractivity (Wildman–Crippen MR) is 72.1 cm³/mol. The molecule has 5 heteroatoms. The maximum atomic E-state index is 11.2. The van der Waals surface area contributed by atoms with Crippen LogP contribution in [0.5, 0.6) is 0 Å². The summed E-state index contributed by atoms with van der Waals surface area (Å²) in [6.07, 6.45) is 0.650. The van der Waals surface area contributed by atoms with Crippen molar-refractivity contribution in [1.29, 1.82) is 0 Å². The summed E-state index contributed by atoms with van der Waals surface area (Å²) in [5.74, 6) is 0.480. The van der Waals surface area contributed by atoms with E-state index in [-0.39, 0.29) is 11.5 Å². The van der Waals surface area contributed by atoms with Crippen molar-refractivity contribution >= 4 is 21.4 Å². The van der Waals surface area contributed by atoms with Gasteiger partial charge < -0.3 is 5.32 Å². The van der Waals surface area contributed by atoms with Crippen LogP contribution in [-0.2, 0) is 16.4 Å². The Labute approximate surface area is 108 Å². The van der Waals surface area contributed by atoms with Crippen LogP contribution >= 0.6 is 11.6 Å². The summed E-state index contributed by atoms with van der Waals surface area (Å²) in [5, 5.41) is 3.92. The first-order valence-electron chi connectivity index (χ1n) is 5.69. The molecule has 0 heterocycles. The minimum Gasteiger partial charge on any atom is -0.313 e. The monoisotopic (exact) mass is 275 g/mol. The van der Waals surface area contributed by atoms with Crippen molar-refractivity contribution in [2.24, 2.45) is 0 Å². The van der Waals surface area contributed by atoms with Crippen LogP contribution in [0.3, 0.4) is 0 Å². The molecule has 0 aliphatic rings. The third-order valence-corrected chi connectivity index (χ3v) is 4.49. The smallest absolute Gasteiger partial charge is 0.150 e.